The summed E-state index contributed by atoms with van der Waals surface area (Å²) in [5, 5.41) is 11.0. The summed E-state index contributed by atoms with van der Waals surface area (Å²) in [5.41, 5.74) is 0. The lowest BCUT2D eigenvalue weighted by Crippen LogP contribution is -2.52. The fourth-order valence-electron chi connectivity index (χ4n) is 1.10. The van der Waals surface area contributed by atoms with Gasteiger partial charge in [-0.2, -0.15) is 0 Å². The van der Waals surface area contributed by atoms with E-state index in [2.05, 4.69) is 5.32 Å². The van der Waals surface area contributed by atoms with Crippen LogP contribution in [0.1, 0.15) is 6.42 Å². The molecule has 1 fully saturated rings. The first-order valence-corrected chi connectivity index (χ1v) is 3.93. The minimum absolute atomic E-state index is 0.0470. The highest BCUT2D eigenvalue weighted by molar-refractivity contribution is 6.35. The van der Waals surface area contributed by atoms with Crippen molar-refractivity contribution in [1.29, 1.82) is 0 Å². The third-order valence-corrected chi connectivity index (χ3v) is 1.73. The molecule has 1 aliphatic rings. The fraction of sp³-hybridized carbons (Fsp3) is 0.714. The van der Waals surface area contributed by atoms with Crippen LogP contribution >= 0.6 is 0 Å². The number of hydrogen-bond acceptors (Lipinski definition) is 3. The largest absolute Gasteiger partial charge is 0.396 e. The molecular formula is C7H12N2O3. The maximum absolute atomic E-state index is 11.1. The van der Waals surface area contributed by atoms with E-state index in [0.29, 0.717) is 26.1 Å². The molecule has 0 aliphatic carbocycles. The van der Waals surface area contributed by atoms with E-state index in [0.717, 1.165) is 0 Å². The van der Waals surface area contributed by atoms with Gasteiger partial charge in [-0.1, -0.05) is 0 Å². The summed E-state index contributed by atoms with van der Waals surface area (Å²) in [6, 6.07) is 0. The average Bonchev–Trinajstić information content (AvgIpc) is 2.08. The fourth-order valence-corrected chi connectivity index (χ4v) is 1.10. The monoisotopic (exact) mass is 172 g/mol. The first-order valence-electron chi connectivity index (χ1n) is 3.93. The van der Waals surface area contributed by atoms with Crippen LogP contribution in [0, 0.1) is 0 Å². The van der Waals surface area contributed by atoms with E-state index in [-0.39, 0.29) is 6.61 Å². The molecule has 0 aromatic carbocycles. The molecule has 0 spiro atoms. The molecule has 1 saturated heterocycles. The second-order valence-corrected chi connectivity index (χ2v) is 2.63. The Balaban J connectivity index is 2.41. The maximum Gasteiger partial charge on any atom is 0.311 e. The number of aliphatic hydroxyl groups excluding tert-OH is 1. The highest BCUT2D eigenvalue weighted by Crippen LogP contribution is 1.96. The summed E-state index contributed by atoms with van der Waals surface area (Å²) in [6.07, 6.45) is 0.527. The summed E-state index contributed by atoms with van der Waals surface area (Å²) in [4.78, 5) is 23.3. The first-order chi connectivity index (χ1) is 5.75. The van der Waals surface area contributed by atoms with E-state index < -0.39 is 11.8 Å². The van der Waals surface area contributed by atoms with Crippen molar-refractivity contribution in [2.24, 2.45) is 0 Å². The third-order valence-electron chi connectivity index (χ3n) is 1.73. The number of rotatable bonds is 3. The Morgan fingerprint density at radius 2 is 2.25 bits per heavy atom. The molecule has 0 atom stereocenters. The lowest BCUT2D eigenvalue weighted by molar-refractivity contribution is -0.148. The molecule has 0 bridgehead atoms. The molecule has 0 saturated carbocycles. The molecule has 5 nitrogen and oxygen atoms in total. The Labute approximate surface area is 70.4 Å². The number of nitrogens with one attached hydrogen (secondary N) is 1. The number of carbonyl (C=O) groups excluding carboxylic acids is 2. The summed E-state index contributed by atoms with van der Waals surface area (Å²) in [5.74, 6) is -1.03. The van der Waals surface area contributed by atoms with E-state index in [1.807, 2.05) is 0 Å². The number of amides is 2. The van der Waals surface area contributed by atoms with E-state index >= 15 is 0 Å². The van der Waals surface area contributed by atoms with Crippen molar-refractivity contribution < 1.29 is 14.7 Å². The molecule has 1 heterocycles. The van der Waals surface area contributed by atoms with Crippen LogP contribution in [0.5, 0.6) is 0 Å². The summed E-state index contributed by atoms with van der Waals surface area (Å²) in [6.45, 7) is 1.56. The number of piperazine rings is 1. The van der Waals surface area contributed by atoms with Gasteiger partial charge in [-0.05, 0) is 6.42 Å². The van der Waals surface area contributed by atoms with E-state index in [1.54, 1.807) is 0 Å². The van der Waals surface area contributed by atoms with Crippen LogP contribution in [0.3, 0.4) is 0 Å². The minimum atomic E-state index is -0.542. The van der Waals surface area contributed by atoms with Gasteiger partial charge in [0.05, 0.1) is 0 Å². The van der Waals surface area contributed by atoms with Crippen molar-refractivity contribution in [2.75, 3.05) is 26.2 Å². The lowest BCUT2D eigenvalue weighted by Gasteiger charge is -2.25. The quantitative estimate of drug-likeness (QED) is 0.500. The predicted molar refractivity (Wildman–Crippen MR) is 41.3 cm³/mol. The van der Waals surface area contributed by atoms with Crippen LogP contribution in [0.2, 0.25) is 0 Å². The Morgan fingerprint density at radius 3 is 2.92 bits per heavy atom. The van der Waals surface area contributed by atoms with Crippen molar-refractivity contribution in [3.8, 4) is 0 Å². The van der Waals surface area contributed by atoms with Gasteiger partial charge >= 0.3 is 11.8 Å². The van der Waals surface area contributed by atoms with E-state index in [1.165, 1.54) is 4.90 Å². The molecule has 2 N–H and O–H groups in total. The van der Waals surface area contributed by atoms with E-state index in [4.69, 9.17) is 5.11 Å². The van der Waals surface area contributed by atoms with Crippen molar-refractivity contribution in [3.05, 3.63) is 0 Å². The normalized spacial score (nSPS) is 17.9. The molecule has 0 radical (unpaired) electrons. The second-order valence-electron chi connectivity index (χ2n) is 2.63. The van der Waals surface area contributed by atoms with Crippen LogP contribution in [-0.2, 0) is 9.59 Å². The molecule has 5 heteroatoms. The molecule has 0 aromatic rings. The van der Waals surface area contributed by atoms with Gasteiger partial charge in [0, 0.05) is 26.2 Å². The number of hydrogen-bond donors (Lipinski definition) is 2. The molecule has 0 aromatic heterocycles. The zero-order valence-corrected chi connectivity index (χ0v) is 6.75. The molecule has 1 aliphatic heterocycles. The summed E-state index contributed by atoms with van der Waals surface area (Å²) >= 11 is 0. The third kappa shape index (κ3) is 1.94. The molecule has 12 heavy (non-hydrogen) atoms. The van der Waals surface area contributed by atoms with Crippen LogP contribution in [-0.4, -0.2) is 48.1 Å². The lowest BCUT2D eigenvalue weighted by atomic mass is 10.3. The first kappa shape index (κ1) is 8.99. The summed E-state index contributed by atoms with van der Waals surface area (Å²) < 4.78 is 0. The van der Waals surface area contributed by atoms with Gasteiger partial charge < -0.3 is 15.3 Å². The molecule has 68 valence electrons. The smallest absolute Gasteiger partial charge is 0.311 e. The van der Waals surface area contributed by atoms with Crippen molar-refractivity contribution >= 4 is 11.8 Å². The number of aliphatic hydroxyl groups is 1. The topological polar surface area (TPSA) is 69.6 Å². The summed E-state index contributed by atoms with van der Waals surface area (Å²) in [7, 11) is 0. The van der Waals surface area contributed by atoms with Crippen LogP contribution in [0.15, 0.2) is 0 Å². The Hall–Kier alpha value is -1.10. The molecule has 2 amide bonds. The molecule has 1 rings (SSSR count). The number of carbonyl (C=O) groups is 2. The predicted octanol–water partition coefficient (Wildman–Crippen LogP) is -1.67. The van der Waals surface area contributed by atoms with Crippen molar-refractivity contribution in [1.82, 2.24) is 10.2 Å². The highest BCUT2D eigenvalue weighted by atomic mass is 16.3. The van der Waals surface area contributed by atoms with Crippen molar-refractivity contribution in [2.45, 2.75) is 6.42 Å². The Bertz CT molecular complexity index is 193. The van der Waals surface area contributed by atoms with Gasteiger partial charge in [0.25, 0.3) is 0 Å². The second kappa shape index (κ2) is 4.06. The van der Waals surface area contributed by atoms with Gasteiger partial charge in [-0.3, -0.25) is 9.59 Å². The maximum atomic E-state index is 11.1. The average molecular weight is 172 g/mol. The Kier molecular flexibility index (Phi) is 3.04. The molecule has 0 unspecified atom stereocenters. The van der Waals surface area contributed by atoms with Crippen LogP contribution in [0.25, 0.3) is 0 Å². The van der Waals surface area contributed by atoms with Crippen LogP contribution in [0.4, 0.5) is 0 Å². The minimum Gasteiger partial charge on any atom is -0.396 e. The Morgan fingerprint density at radius 1 is 1.50 bits per heavy atom. The van der Waals surface area contributed by atoms with Gasteiger partial charge in [-0.25, -0.2) is 0 Å². The van der Waals surface area contributed by atoms with Gasteiger partial charge in [0.15, 0.2) is 0 Å². The zero-order valence-electron chi connectivity index (χ0n) is 6.75. The standard InChI is InChI=1S/C7H12N2O3/c10-5-1-3-9-4-2-8-6(11)7(9)12/h10H,1-5H2,(H,8,11). The van der Waals surface area contributed by atoms with Gasteiger partial charge in [-0.15, -0.1) is 0 Å². The SMILES string of the molecule is O=C1NCCN(CCCO)C1=O. The van der Waals surface area contributed by atoms with Crippen LogP contribution < -0.4 is 5.32 Å². The number of nitrogens with zero attached hydrogens (tertiary/aromatic N) is 1. The highest BCUT2D eigenvalue weighted by Gasteiger charge is 2.24. The molecular weight excluding hydrogens is 160 g/mol. The van der Waals surface area contributed by atoms with Gasteiger partial charge in [0.1, 0.15) is 0 Å². The van der Waals surface area contributed by atoms with Gasteiger partial charge in [0.2, 0.25) is 0 Å². The van der Waals surface area contributed by atoms with E-state index in [9.17, 15) is 9.59 Å². The van der Waals surface area contributed by atoms with Crippen molar-refractivity contribution in [3.63, 3.8) is 0 Å². The zero-order chi connectivity index (χ0) is 8.97.